The van der Waals surface area contributed by atoms with Gasteiger partial charge in [-0.1, -0.05) is 18.2 Å². The van der Waals surface area contributed by atoms with Crippen molar-refractivity contribution in [1.82, 2.24) is 19.7 Å². The minimum Gasteiger partial charge on any atom is -0.478 e. The molecule has 24 heavy (non-hydrogen) atoms. The number of benzene rings is 2. The summed E-state index contributed by atoms with van der Waals surface area (Å²) in [6.45, 7) is 0. The summed E-state index contributed by atoms with van der Waals surface area (Å²) in [5.74, 6) is -0.968. The third-order valence-electron chi connectivity index (χ3n) is 3.68. The van der Waals surface area contributed by atoms with E-state index >= 15 is 0 Å². The van der Waals surface area contributed by atoms with Gasteiger partial charge < -0.3 is 5.11 Å². The number of nitrogens with zero attached hydrogens (tertiary/aromatic N) is 4. The second-order valence-corrected chi connectivity index (χ2v) is 5.27. The molecule has 0 aliphatic rings. The Kier molecular flexibility index (Phi) is 3.28. The molecule has 0 amide bonds. The van der Waals surface area contributed by atoms with Crippen LogP contribution in [0.4, 0.5) is 0 Å². The van der Waals surface area contributed by atoms with Crippen molar-refractivity contribution in [2.75, 3.05) is 0 Å². The van der Waals surface area contributed by atoms with Crippen molar-refractivity contribution in [1.29, 1.82) is 0 Å². The second kappa shape index (κ2) is 5.58. The molecular formula is C18H12N4O2. The Morgan fingerprint density at radius 2 is 1.83 bits per heavy atom. The minimum atomic E-state index is -0.968. The Morgan fingerprint density at radius 3 is 2.67 bits per heavy atom. The quantitative estimate of drug-likeness (QED) is 0.628. The first-order valence-corrected chi connectivity index (χ1v) is 7.31. The van der Waals surface area contributed by atoms with Gasteiger partial charge in [0.15, 0.2) is 0 Å². The molecule has 4 aromatic rings. The summed E-state index contributed by atoms with van der Waals surface area (Å²) in [4.78, 5) is 20.1. The number of carbonyl (C=O) groups is 1. The highest BCUT2D eigenvalue weighted by Crippen LogP contribution is 2.20. The van der Waals surface area contributed by atoms with Crippen LogP contribution in [0.5, 0.6) is 0 Å². The van der Waals surface area contributed by atoms with Gasteiger partial charge in [0, 0.05) is 11.8 Å². The molecule has 2 aromatic heterocycles. The summed E-state index contributed by atoms with van der Waals surface area (Å²) in [6.07, 6.45) is 5.20. The van der Waals surface area contributed by atoms with E-state index in [9.17, 15) is 4.79 Å². The maximum Gasteiger partial charge on any atom is 0.335 e. The van der Waals surface area contributed by atoms with E-state index in [0.717, 1.165) is 16.6 Å². The summed E-state index contributed by atoms with van der Waals surface area (Å²) in [5, 5.41) is 13.4. The van der Waals surface area contributed by atoms with E-state index < -0.39 is 5.97 Å². The molecule has 0 spiro atoms. The minimum absolute atomic E-state index is 0.218. The Labute approximate surface area is 137 Å². The maximum atomic E-state index is 11.1. The number of fused-ring (bicyclic) bond motifs is 1. The molecule has 0 atom stereocenters. The van der Waals surface area contributed by atoms with Crippen molar-refractivity contribution < 1.29 is 9.90 Å². The number of rotatable bonds is 3. The smallest absolute Gasteiger partial charge is 0.335 e. The van der Waals surface area contributed by atoms with Gasteiger partial charge in [-0.05, 0) is 30.3 Å². The molecule has 0 radical (unpaired) electrons. The number of aromatic carboxylic acids is 1. The molecular weight excluding hydrogens is 304 g/mol. The summed E-state index contributed by atoms with van der Waals surface area (Å²) >= 11 is 0. The van der Waals surface area contributed by atoms with Crippen LogP contribution in [-0.4, -0.2) is 30.8 Å². The number of para-hydroxylation sites is 2. The maximum absolute atomic E-state index is 11.1. The second-order valence-electron chi connectivity index (χ2n) is 5.27. The van der Waals surface area contributed by atoms with E-state index in [2.05, 4.69) is 15.1 Å². The first-order chi connectivity index (χ1) is 11.7. The first-order valence-electron chi connectivity index (χ1n) is 7.31. The molecule has 0 fully saturated rings. The largest absolute Gasteiger partial charge is 0.478 e. The third-order valence-corrected chi connectivity index (χ3v) is 3.68. The van der Waals surface area contributed by atoms with E-state index in [1.807, 2.05) is 24.3 Å². The lowest BCUT2D eigenvalue weighted by molar-refractivity contribution is 0.0697. The van der Waals surface area contributed by atoms with Crippen LogP contribution < -0.4 is 0 Å². The fourth-order valence-electron chi connectivity index (χ4n) is 2.47. The van der Waals surface area contributed by atoms with Crippen LogP contribution in [-0.2, 0) is 0 Å². The highest BCUT2D eigenvalue weighted by molar-refractivity contribution is 5.88. The molecule has 4 rings (SSSR count). The number of hydrogen-bond acceptors (Lipinski definition) is 4. The summed E-state index contributed by atoms with van der Waals surface area (Å²) < 4.78 is 1.62. The van der Waals surface area contributed by atoms with Gasteiger partial charge in [0.2, 0.25) is 0 Å². The van der Waals surface area contributed by atoms with Crippen LogP contribution >= 0.6 is 0 Å². The highest BCUT2D eigenvalue weighted by Gasteiger charge is 2.08. The molecule has 0 aliphatic carbocycles. The van der Waals surface area contributed by atoms with Crippen LogP contribution in [0.25, 0.3) is 28.0 Å². The number of carboxylic acids is 1. The normalized spacial score (nSPS) is 10.8. The Balaban J connectivity index is 1.73. The number of aromatic nitrogens is 4. The molecule has 2 aromatic carbocycles. The Hall–Kier alpha value is -3.54. The van der Waals surface area contributed by atoms with Gasteiger partial charge in [0.1, 0.15) is 0 Å². The zero-order valence-electron chi connectivity index (χ0n) is 12.5. The molecule has 116 valence electrons. The summed E-state index contributed by atoms with van der Waals surface area (Å²) in [6, 6.07) is 14.3. The molecule has 1 N–H and O–H groups in total. The highest BCUT2D eigenvalue weighted by atomic mass is 16.4. The van der Waals surface area contributed by atoms with E-state index in [0.29, 0.717) is 11.4 Å². The third kappa shape index (κ3) is 2.50. The van der Waals surface area contributed by atoms with Gasteiger partial charge in [0.25, 0.3) is 0 Å². The monoisotopic (exact) mass is 316 g/mol. The predicted molar refractivity (Wildman–Crippen MR) is 89.1 cm³/mol. The van der Waals surface area contributed by atoms with Crippen LogP contribution in [0, 0.1) is 0 Å². The zero-order valence-corrected chi connectivity index (χ0v) is 12.5. The molecule has 0 saturated heterocycles. The SMILES string of the molecule is O=C(O)c1cccc(-n2cc(-c3cnc4ccccc4n3)cn2)c1. The van der Waals surface area contributed by atoms with Crippen LogP contribution in [0.2, 0.25) is 0 Å². The van der Waals surface area contributed by atoms with E-state index in [-0.39, 0.29) is 5.56 Å². The van der Waals surface area contributed by atoms with Crippen LogP contribution in [0.15, 0.2) is 67.1 Å². The molecule has 0 bridgehead atoms. The van der Waals surface area contributed by atoms with Crippen molar-refractivity contribution in [2.45, 2.75) is 0 Å². The van der Waals surface area contributed by atoms with Crippen molar-refractivity contribution in [2.24, 2.45) is 0 Å². The number of carboxylic acid groups (broad SMARTS) is 1. The lowest BCUT2D eigenvalue weighted by atomic mass is 10.2. The van der Waals surface area contributed by atoms with Gasteiger partial charge in [0.05, 0.1) is 40.4 Å². The topological polar surface area (TPSA) is 80.9 Å². The summed E-state index contributed by atoms with van der Waals surface area (Å²) in [5.41, 5.74) is 4.08. The number of hydrogen-bond donors (Lipinski definition) is 1. The molecule has 6 nitrogen and oxygen atoms in total. The Bertz CT molecular complexity index is 1060. The Morgan fingerprint density at radius 1 is 1.00 bits per heavy atom. The van der Waals surface area contributed by atoms with E-state index in [1.54, 1.807) is 47.5 Å². The van der Waals surface area contributed by atoms with Gasteiger partial charge in [-0.2, -0.15) is 5.10 Å². The van der Waals surface area contributed by atoms with Gasteiger partial charge in [-0.25, -0.2) is 14.5 Å². The van der Waals surface area contributed by atoms with Crippen LogP contribution in [0.3, 0.4) is 0 Å². The molecule has 0 unspecified atom stereocenters. The molecule has 6 heteroatoms. The summed E-state index contributed by atoms with van der Waals surface area (Å²) in [7, 11) is 0. The molecule has 0 saturated carbocycles. The van der Waals surface area contributed by atoms with Gasteiger partial charge in [-0.3, -0.25) is 4.98 Å². The fourth-order valence-corrected chi connectivity index (χ4v) is 2.47. The van der Waals surface area contributed by atoms with E-state index in [4.69, 9.17) is 5.11 Å². The lowest BCUT2D eigenvalue weighted by Gasteiger charge is -2.02. The predicted octanol–water partition coefficient (Wildman–Crippen LogP) is 3.18. The average Bonchev–Trinajstić information content (AvgIpc) is 3.11. The fraction of sp³-hybridized carbons (Fsp3) is 0. The van der Waals surface area contributed by atoms with Gasteiger partial charge >= 0.3 is 5.97 Å². The zero-order chi connectivity index (χ0) is 16.5. The van der Waals surface area contributed by atoms with Gasteiger partial charge in [-0.15, -0.1) is 0 Å². The van der Waals surface area contributed by atoms with Crippen molar-refractivity contribution in [3.05, 3.63) is 72.7 Å². The lowest BCUT2D eigenvalue weighted by Crippen LogP contribution is -2.00. The molecule has 0 aliphatic heterocycles. The first kappa shape index (κ1) is 14.1. The molecule has 2 heterocycles. The van der Waals surface area contributed by atoms with Crippen molar-refractivity contribution >= 4 is 17.0 Å². The van der Waals surface area contributed by atoms with Crippen molar-refractivity contribution in [3.8, 4) is 16.9 Å². The standard InChI is InChI=1S/C18H12N4O2/c23-18(24)12-4-3-5-14(8-12)22-11-13(9-20-22)17-10-19-15-6-1-2-7-16(15)21-17/h1-11H,(H,23,24). The average molecular weight is 316 g/mol. The van der Waals surface area contributed by atoms with Crippen molar-refractivity contribution in [3.63, 3.8) is 0 Å². The van der Waals surface area contributed by atoms with Crippen LogP contribution in [0.1, 0.15) is 10.4 Å². The van der Waals surface area contributed by atoms with E-state index in [1.165, 1.54) is 0 Å².